The number of thiophene rings is 1. The molecule has 0 amide bonds. The van der Waals surface area contributed by atoms with Crippen molar-refractivity contribution in [3.8, 4) is 0 Å². The molecule has 0 bridgehead atoms. The molecule has 0 fully saturated rings. The van der Waals surface area contributed by atoms with Gasteiger partial charge in [-0.2, -0.15) is 0 Å². The lowest BCUT2D eigenvalue weighted by molar-refractivity contribution is 0.309. The van der Waals surface area contributed by atoms with Gasteiger partial charge in [0.25, 0.3) is 0 Å². The fourth-order valence-electron chi connectivity index (χ4n) is 2.21. The zero-order valence-corrected chi connectivity index (χ0v) is 15.2. The van der Waals surface area contributed by atoms with Crippen molar-refractivity contribution in [2.45, 2.75) is 25.8 Å². The van der Waals surface area contributed by atoms with Crippen LogP contribution in [0.1, 0.15) is 30.7 Å². The summed E-state index contributed by atoms with van der Waals surface area (Å²) in [6.07, 6.45) is 4.11. The zero-order valence-electron chi connectivity index (χ0n) is 14.4. The van der Waals surface area contributed by atoms with Crippen molar-refractivity contribution in [1.82, 2.24) is 15.1 Å². The van der Waals surface area contributed by atoms with E-state index in [0.29, 0.717) is 6.04 Å². The Bertz CT molecular complexity index is 440. The lowest BCUT2D eigenvalue weighted by Crippen LogP contribution is -2.40. The van der Waals surface area contributed by atoms with Gasteiger partial charge in [-0.05, 0) is 45.3 Å². The van der Waals surface area contributed by atoms with Crippen molar-refractivity contribution in [3.05, 3.63) is 35.0 Å². The van der Waals surface area contributed by atoms with E-state index < -0.39 is 0 Å². The van der Waals surface area contributed by atoms with Gasteiger partial charge in [0.05, 0.1) is 12.6 Å². The van der Waals surface area contributed by atoms with E-state index in [1.807, 2.05) is 6.08 Å². The summed E-state index contributed by atoms with van der Waals surface area (Å²) in [5, 5.41) is 5.51. The number of nitrogens with one attached hydrogen (secondary N) is 1. The van der Waals surface area contributed by atoms with Crippen molar-refractivity contribution >= 4 is 17.3 Å². The van der Waals surface area contributed by atoms with Crippen LogP contribution in [0.25, 0.3) is 0 Å². The topological polar surface area (TPSA) is 30.9 Å². The highest BCUT2D eigenvalue weighted by Crippen LogP contribution is 2.23. The van der Waals surface area contributed by atoms with Crippen LogP contribution in [-0.4, -0.2) is 56.5 Å². The highest BCUT2D eigenvalue weighted by molar-refractivity contribution is 7.10. The summed E-state index contributed by atoms with van der Waals surface area (Å²) in [7, 11) is 6.32. The van der Waals surface area contributed by atoms with Crippen molar-refractivity contribution < 1.29 is 0 Å². The molecule has 124 valence electrons. The molecule has 0 saturated carbocycles. The molecule has 4 nitrogen and oxygen atoms in total. The largest absolute Gasteiger partial charge is 0.357 e. The summed E-state index contributed by atoms with van der Waals surface area (Å²) >= 11 is 1.79. The van der Waals surface area contributed by atoms with Gasteiger partial charge < -0.3 is 15.1 Å². The number of unbranched alkanes of at least 4 members (excludes halogenated alkanes) is 1. The molecule has 0 spiro atoms. The molecule has 0 saturated heterocycles. The van der Waals surface area contributed by atoms with Gasteiger partial charge in [-0.15, -0.1) is 17.9 Å². The van der Waals surface area contributed by atoms with Crippen LogP contribution in [0, 0.1) is 0 Å². The number of aliphatic imine (C=N–C) groups is 1. The smallest absolute Gasteiger partial charge is 0.193 e. The Hall–Kier alpha value is -1.33. The molecule has 1 N–H and O–H groups in total. The fraction of sp³-hybridized carbons (Fsp3) is 0.588. The van der Waals surface area contributed by atoms with Crippen LogP contribution in [0.2, 0.25) is 0 Å². The van der Waals surface area contributed by atoms with Gasteiger partial charge in [0, 0.05) is 25.0 Å². The fourth-order valence-corrected chi connectivity index (χ4v) is 3.12. The third-order valence-electron chi connectivity index (χ3n) is 3.51. The summed E-state index contributed by atoms with van der Waals surface area (Å²) in [6.45, 7) is 8.52. The van der Waals surface area contributed by atoms with Crippen LogP contribution in [0.15, 0.2) is 35.2 Å². The number of rotatable bonds is 9. The van der Waals surface area contributed by atoms with Crippen molar-refractivity contribution in [1.29, 1.82) is 0 Å². The third kappa shape index (κ3) is 6.20. The van der Waals surface area contributed by atoms with Crippen LogP contribution in [0.4, 0.5) is 0 Å². The van der Waals surface area contributed by atoms with Crippen LogP contribution in [-0.2, 0) is 0 Å². The van der Waals surface area contributed by atoms with Crippen LogP contribution >= 0.6 is 11.3 Å². The lowest BCUT2D eigenvalue weighted by atomic mass is 10.2. The highest BCUT2D eigenvalue weighted by atomic mass is 32.1. The maximum Gasteiger partial charge on any atom is 0.193 e. The number of hydrogen-bond acceptors (Lipinski definition) is 3. The number of nitrogens with zero attached hydrogens (tertiary/aromatic N) is 3. The Labute approximate surface area is 139 Å². The first-order valence-corrected chi connectivity index (χ1v) is 8.78. The predicted molar refractivity (Wildman–Crippen MR) is 98.8 cm³/mol. The normalized spacial score (nSPS) is 13.2. The van der Waals surface area contributed by atoms with Gasteiger partial charge in [0.15, 0.2) is 5.96 Å². The predicted octanol–water partition coefficient (Wildman–Crippen LogP) is 3.21. The number of hydrogen-bond donors (Lipinski definition) is 1. The van der Waals surface area contributed by atoms with E-state index >= 15 is 0 Å². The average Bonchev–Trinajstić information content (AvgIpc) is 3.00. The van der Waals surface area contributed by atoms with Gasteiger partial charge in [0.1, 0.15) is 0 Å². The molecule has 0 aliphatic heterocycles. The molecule has 1 atom stereocenters. The molecule has 0 radical (unpaired) electrons. The van der Waals surface area contributed by atoms with E-state index in [2.05, 4.69) is 67.3 Å². The maximum absolute atomic E-state index is 4.84. The average molecular weight is 323 g/mol. The van der Waals surface area contributed by atoms with E-state index in [-0.39, 0.29) is 0 Å². The number of allylic oxidation sites excluding steroid dienone is 1. The molecule has 1 heterocycles. The molecule has 1 rings (SSSR count). The van der Waals surface area contributed by atoms with E-state index in [0.717, 1.165) is 38.4 Å². The van der Waals surface area contributed by atoms with Gasteiger partial charge >= 0.3 is 0 Å². The summed E-state index contributed by atoms with van der Waals surface area (Å²) in [5.41, 5.74) is 0. The first kappa shape index (κ1) is 18.7. The Morgan fingerprint density at radius 3 is 2.77 bits per heavy atom. The van der Waals surface area contributed by atoms with Gasteiger partial charge in [-0.1, -0.05) is 12.1 Å². The summed E-state index contributed by atoms with van der Waals surface area (Å²) in [4.78, 5) is 10.6. The molecule has 0 aliphatic carbocycles. The van der Waals surface area contributed by atoms with Gasteiger partial charge in [0.2, 0.25) is 0 Å². The molecule has 22 heavy (non-hydrogen) atoms. The summed E-state index contributed by atoms with van der Waals surface area (Å²) < 4.78 is 0. The Kier molecular flexibility index (Phi) is 8.85. The molecular weight excluding hydrogens is 292 g/mol. The standard InChI is InChI=1S/C17H30N4S/c1-6-8-9-12-21(5)17(18-7-2)19-14-15(20(3)4)16-11-10-13-22-16/h6,10-11,13,15H,1,7-9,12,14H2,2-5H3,(H,18,19). The van der Waals surface area contributed by atoms with E-state index in [9.17, 15) is 0 Å². The Morgan fingerprint density at radius 1 is 1.45 bits per heavy atom. The summed E-state index contributed by atoms with van der Waals surface area (Å²) in [6, 6.07) is 4.62. The second-order valence-electron chi connectivity index (χ2n) is 5.54. The zero-order chi connectivity index (χ0) is 16.4. The molecule has 1 aromatic heterocycles. The van der Waals surface area contributed by atoms with Crippen molar-refractivity contribution in [2.24, 2.45) is 4.99 Å². The molecule has 5 heteroatoms. The minimum absolute atomic E-state index is 0.329. The van der Waals surface area contributed by atoms with Gasteiger partial charge in [-0.25, -0.2) is 0 Å². The van der Waals surface area contributed by atoms with E-state index in [1.54, 1.807) is 11.3 Å². The third-order valence-corrected chi connectivity index (χ3v) is 4.48. The maximum atomic E-state index is 4.84. The van der Waals surface area contributed by atoms with Crippen molar-refractivity contribution in [2.75, 3.05) is 40.8 Å². The van der Waals surface area contributed by atoms with Crippen molar-refractivity contribution in [3.63, 3.8) is 0 Å². The molecule has 0 aliphatic rings. The minimum atomic E-state index is 0.329. The number of guanidine groups is 1. The van der Waals surface area contributed by atoms with E-state index in [4.69, 9.17) is 4.99 Å². The number of likely N-dealkylation sites (N-methyl/N-ethyl adjacent to an activating group) is 1. The second kappa shape index (κ2) is 10.4. The van der Waals surface area contributed by atoms with E-state index in [1.165, 1.54) is 4.88 Å². The Balaban J connectivity index is 2.72. The second-order valence-corrected chi connectivity index (χ2v) is 6.52. The van der Waals surface area contributed by atoms with Crippen LogP contribution in [0.5, 0.6) is 0 Å². The SMILES string of the molecule is C=CCCCN(C)C(=NCC(c1cccs1)N(C)C)NCC. The minimum Gasteiger partial charge on any atom is -0.357 e. The molecule has 0 aromatic carbocycles. The lowest BCUT2D eigenvalue weighted by Gasteiger charge is -2.25. The Morgan fingerprint density at radius 2 is 2.23 bits per heavy atom. The highest BCUT2D eigenvalue weighted by Gasteiger charge is 2.15. The van der Waals surface area contributed by atoms with Crippen LogP contribution in [0.3, 0.4) is 0 Å². The first-order valence-electron chi connectivity index (χ1n) is 7.90. The quantitative estimate of drug-likeness (QED) is 0.328. The molecule has 1 aromatic rings. The molecular formula is C17H30N4S. The van der Waals surface area contributed by atoms with Crippen LogP contribution < -0.4 is 5.32 Å². The first-order chi connectivity index (χ1) is 10.6. The summed E-state index contributed by atoms with van der Waals surface area (Å²) in [5.74, 6) is 0.981. The molecule has 1 unspecified atom stereocenters. The van der Waals surface area contributed by atoms with Gasteiger partial charge in [-0.3, -0.25) is 4.99 Å². The monoisotopic (exact) mass is 322 g/mol.